The molecule has 0 spiro atoms. The molecule has 3 aromatic rings. The molecule has 0 aliphatic heterocycles. The second kappa shape index (κ2) is 9.35. The lowest BCUT2D eigenvalue weighted by Crippen LogP contribution is -2.27. The van der Waals surface area contributed by atoms with E-state index in [2.05, 4.69) is 25.7 Å². The summed E-state index contributed by atoms with van der Waals surface area (Å²) < 4.78 is 48.0. The summed E-state index contributed by atoms with van der Waals surface area (Å²) in [4.78, 5) is 13.9. The Morgan fingerprint density at radius 2 is 1.65 bits per heavy atom. The summed E-state index contributed by atoms with van der Waals surface area (Å²) in [5.41, 5.74) is 1.41. The van der Waals surface area contributed by atoms with Gasteiger partial charge < -0.3 is 24.7 Å². The van der Waals surface area contributed by atoms with Gasteiger partial charge >= 0.3 is 12.2 Å². The molecule has 164 valence electrons. The Bertz CT molecular complexity index is 1040. The van der Waals surface area contributed by atoms with Crippen molar-refractivity contribution in [2.75, 3.05) is 6.61 Å². The second-order valence-corrected chi connectivity index (χ2v) is 7.01. The van der Waals surface area contributed by atoms with Gasteiger partial charge in [0.25, 0.3) is 4.73 Å². The first kappa shape index (κ1) is 22.6. The van der Waals surface area contributed by atoms with Gasteiger partial charge in [-0.25, -0.2) is 0 Å². The highest BCUT2D eigenvalue weighted by molar-refractivity contribution is 9.10. The normalized spacial score (nSPS) is 12.4. The minimum Gasteiger partial charge on any atom is -0.486 e. The van der Waals surface area contributed by atoms with E-state index in [0.717, 1.165) is 5.56 Å². The van der Waals surface area contributed by atoms with Crippen molar-refractivity contribution >= 4 is 21.7 Å². The minimum atomic E-state index is -4.75. The molecule has 0 fully saturated rings. The molecule has 2 aromatic carbocycles. The van der Waals surface area contributed by atoms with Crippen LogP contribution < -0.4 is 9.47 Å². The van der Waals surface area contributed by atoms with Crippen LogP contribution in [0, 0.1) is 10.1 Å². The predicted octanol–water partition coefficient (Wildman–Crippen LogP) is 4.56. The number of rotatable bonds is 8. The lowest BCUT2D eigenvalue weighted by molar-refractivity contribution is -0.389. The van der Waals surface area contributed by atoms with Gasteiger partial charge in [-0.3, -0.25) is 4.57 Å². The standard InChI is InChI=1S/C19H15BrF3N3O5/c20-18-24-17(26(28)29)10-25(18)9-16(11-27)30-14-5-1-12(2-6-14)13-3-7-15(8-4-13)31-19(21,22)23/h1-8,10,16,27H,9,11H2/t16-/m0/s1. The smallest absolute Gasteiger partial charge is 0.486 e. The molecule has 3 rings (SSSR count). The van der Waals surface area contributed by atoms with Crippen LogP contribution >= 0.6 is 15.9 Å². The first-order chi connectivity index (χ1) is 14.6. The Morgan fingerprint density at radius 1 is 1.10 bits per heavy atom. The molecule has 31 heavy (non-hydrogen) atoms. The maximum Gasteiger partial charge on any atom is 0.573 e. The number of aliphatic hydroxyl groups excluding tert-OH is 1. The van der Waals surface area contributed by atoms with Crippen molar-refractivity contribution in [3.05, 3.63) is 69.6 Å². The third kappa shape index (κ3) is 6.18. The van der Waals surface area contributed by atoms with Crippen molar-refractivity contribution in [1.29, 1.82) is 0 Å². The topological polar surface area (TPSA) is 99.7 Å². The zero-order valence-electron chi connectivity index (χ0n) is 15.6. The molecular formula is C19H15BrF3N3O5. The molecule has 0 saturated heterocycles. The summed E-state index contributed by atoms with van der Waals surface area (Å²) in [5.74, 6) is -0.210. The number of hydrogen-bond donors (Lipinski definition) is 1. The van der Waals surface area contributed by atoms with Gasteiger partial charge in [0.1, 0.15) is 23.8 Å². The lowest BCUT2D eigenvalue weighted by atomic mass is 10.1. The molecule has 0 unspecified atom stereocenters. The van der Waals surface area contributed by atoms with Crippen molar-refractivity contribution in [2.24, 2.45) is 0 Å². The Labute approximate surface area is 182 Å². The van der Waals surface area contributed by atoms with E-state index in [1.165, 1.54) is 35.0 Å². The van der Waals surface area contributed by atoms with E-state index in [4.69, 9.17) is 4.74 Å². The lowest BCUT2D eigenvalue weighted by Gasteiger charge is -2.17. The average molecular weight is 502 g/mol. The summed E-state index contributed by atoms with van der Waals surface area (Å²) in [6, 6.07) is 12.1. The van der Waals surface area contributed by atoms with Gasteiger partial charge in [0.15, 0.2) is 0 Å². The Hall–Kier alpha value is -3.12. The van der Waals surface area contributed by atoms with Gasteiger partial charge in [-0.05, 0) is 45.3 Å². The van der Waals surface area contributed by atoms with Crippen LogP contribution in [0.1, 0.15) is 0 Å². The molecular weight excluding hydrogens is 487 g/mol. The fourth-order valence-corrected chi connectivity index (χ4v) is 3.14. The van der Waals surface area contributed by atoms with Crippen LogP contribution in [0.2, 0.25) is 0 Å². The number of aliphatic hydroxyl groups is 1. The van der Waals surface area contributed by atoms with Crippen LogP contribution in [0.25, 0.3) is 11.1 Å². The molecule has 0 bridgehead atoms. The Morgan fingerprint density at radius 3 is 2.10 bits per heavy atom. The summed E-state index contributed by atoms with van der Waals surface area (Å²) in [6.45, 7) is -0.235. The van der Waals surface area contributed by atoms with Crippen LogP contribution in [-0.4, -0.2) is 38.7 Å². The molecule has 1 heterocycles. The number of aromatic nitrogens is 2. The zero-order chi connectivity index (χ0) is 22.6. The highest BCUT2D eigenvalue weighted by atomic mass is 79.9. The maximum atomic E-state index is 12.2. The third-order valence-corrected chi connectivity index (χ3v) is 4.72. The van der Waals surface area contributed by atoms with Gasteiger partial charge in [-0.2, -0.15) is 0 Å². The van der Waals surface area contributed by atoms with E-state index in [0.29, 0.717) is 11.3 Å². The van der Waals surface area contributed by atoms with Crippen LogP contribution in [0.4, 0.5) is 19.0 Å². The van der Waals surface area contributed by atoms with E-state index in [1.807, 2.05) is 0 Å². The Kier molecular flexibility index (Phi) is 6.81. The monoisotopic (exact) mass is 501 g/mol. The molecule has 1 atom stereocenters. The number of imidazole rings is 1. The summed E-state index contributed by atoms with van der Waals surface area (Å²) in [7, 11) is 0. The second-order valence-electron chi connectivity index (χ2n) is 6.30. The fraction of sp³-hybridized carbons (Fsp3) is 0.211. The highest BCUT2D eigenvalue weighted by Gasteiger charge is 2.31. The minimum absolute atomic E-state index is 0.111. The Balaban J connectivity index is 1.66. The first-order valence-electron chi connectivity index (χ1n) is 8.75. The van der Waals surface area contributed by atoms with Crippen LogP contribution in [0.15, 0.2) is 59.5 Å². The van der Waals surface area contributed by atoms with Gasteiger partial charge in [-0.1, -0.05) is 24.3 Å². The summed E-state index contributed by atoms with van der Waals surface area (Å²) in [5, 5.41) is 20.4. The molecule has 1 aromatic heterocycles. The van der Waals surface area contributed by atoms with Crippen LogP contribution in [-0.2, 0) is 6.54 Å². The van der Waals surface area contributed by atoms with Crippen LogP contribution in [0.3, 0.4) is 0 Å². The SMILES string of the molecule is O=[N+]([O-])c1cn(C[C@@H](CO)Oc2ccc(-c3ccc(OC(F)(F)F)cc3)cc2)c(Br)n1. The van der Waals surface area contributed by atoms with E-state index in [1.54, 1.807) is 24.3 Å². The number of alkyl halides is 3. The van der Waals surface area contributed by atoms with Crippen molar-refractivity contribution in [1.82, 2.24) is 9.55 Å². The summed E-state index contributed by atoms with van der Waals surface area (Å²) >= 11 is 3.12. The number of nitro groups is 1. The number of halogens is 4. The fourth-order valence-electron chi connectivity index (χ4n) is 2.72. The third-order valence-electron chi connectivity index (χ3n) is 4.08. The number of benzene rings is 2. The highest BCUT2D eigenvalue weighted by Crippen LogP contribution is 2.28. The largest absolute Gasteiger partial charge is 0.573 e. The van der Waals surface area contributed by atoms with E-state index < -0.39 is 17.4 Å². The number of ether oxygens (including phenoxy) is 2. The number of hydrogen-bond acceptors (Lipinski definition) is 6. The van der Waals surface area contributed by atoms with Crippen LogP contribution in [0.5, 0.6) is 11.5 Å². The maximum absolute atomic E-state index is 12.2. The quantitative estimate of drug-likeness (QED) is 0.358. The first-order valence-corrected chi connectivity index (χ1v) is 9.55. The van der Waals surface area contributed by atoms with Crippen molar-refractivity contribution in [3.8, 4) is 22.6 Å². The molecule has 0 aliphatic carbocycles. The molecule has 0 amide bonds. The molecule has 0 aliphatic rings. The van der Waals surface area contributed by atoms with Gasteiger partial charge in [0.05, 0.1) is 13.2 Å². The molecule has 0 radical (unpaired) electrons. The number of nitrogens with zero attached hydrogens (tertiary/aromatic N) is 3. The zero-order valence-corrected chi connectivity index (χ0v) is 17.2. The van der Waals surface area contributed by atoms with E-state index in [9.17, 15) is 28.4 Å². The van der Waals surface area contributed by atoms with Crippen molar-refractivity contribution in [3.63, 3.8) is 0 Å². The molecule has 1 N–H and O–H groups in total. The van der Waals surface area contributed by atoms with E-state index in [-0.39, 0.29) is 29.5 Å². The predicted molar refractivity (Wildman–Crippen MR) is 107 cm³/mol. The molecule has 12 heteroatoms. The van der Waals surface area contributed by atoms with Crippen molar-refractivity contribution < 1.29 is 32.7 Å². The molecule has 8 nitrogen and oxygen atoms in total. The van der Waals surface area contributed by atoms with Gasteiger partial charge in [0, 0.05) is 15.9 Å². The van der Waals surface area contributed by atoms with Crippen molar-refractivity contribution in [2.45, 2.75) is 19.0 Å². The molecule has 0 saturated carbocycles. The van der Waals surface area contributed by atoms with Gasteiger partial charge in [0.2, 0.25) is 0 Å². The van der Waals surface area contributed by atoms with Gasteiger partial charge in [-0.15, -0.1) is 13.2 Å². The average Bonchev–Trinajstić information content (AvgIpc) is 3.08. The van der Waals surface area contributed by atoms with E-state index >= 15 is 0 Å². The summed E-state index contributed by atoms with van der Waals surface area (Å²) in [6.07, 6.45) is -4.22.